The van der Waals surface area contributed by atoms with E-state index in [-0.39, 0.29) is 12.3 Å². The van der Waals surface area contributed by atoms with Crippen LogP contribution in [0, 0.1) is 5.92 Å². The van der Waals surface area contributed by atoms with E-state index in [9.17, 15) is 9.59 Å². The van der Waals surface area contributed by atoms with Gasteiger partial charge in [-0.15, -0.1) is 0 Å². The van der Waals surface area contributed by atoms with Gasteiger partial charge < -0.3 is 10.0 Å². The van der Waals surface area contributed by atoms with E-state index in [1.807, 2.05) is 4.90 Å². The molecular weight excluding hydrogens is 182 g/mol. The molecule has 1 aliphatic heterocycles. The smallest absolute Gasteiger partial charge is 0.303 e. The van der Waals surface area contributed by atoms with Crippen LogP contribution in [0.25, 0.3) is 0 Å². The number of nitrogens with zero attached hydrogens (tertiary/aromatic N) is 1. The van der Waals surface area contributed by atoms with E-state index in [2.05, 4.69) is 0 Å². The van der Waals surface area contributed by atoms with Crippen molar-refractivity contribution in [3.8, 4) is 0 Å². The van der Waals surface area contributed by atoms with Crippen LogP contribution in [0.5, 0.6) is 0 Å². The van der Waals surface area contributed by atoms with Gasteiger partial charge in [-0.1, -0.05) is 0 Å². The fraction of sp³-hybridized carbons (Fsp3) is 0.800. The molecule has 1 unspecified atom stereocenters. The number of hydrogen-bond donors (Lipinski definition) is 1. The number of carboxylic acids is 1. The molecule has 1 N–H and O–H groups in total. The average molecular weight is 199 g/mol. The Kier molecular flexibility index (Phi) is 3.92. The summed E-state index contributed by atoms with van der Waals surface area (Å²) in [6.45, 7) is 3.14. The molecule has 4 heteroatoms. The molecule has 0 bridgehead atoms. The predicted molar refractivity (Wildman–Crippen MR) is 51.8 cm³/mol. The van der Waals surface area contributed by atoms with Crippen LogP contribution >= 0.6 is 0 Å². The predicted octanol–water partition coefficient (Wildman–Crippen LogP) is 1.11. The molecule has 1 saturated heterocycles. The standard InChI is InChI=1S/C10H17NO3/c1-8(12)11-6-2-3-9(7-11)4-5-10(13)14/h9H,2-7H2,1H3,(H,13,14). The van der Waals surface area contributed by atoms with Gasteiger partial charge in [0.1, 0.15) is 0 Å². The summed E-state index contributed by atoms with van der Waals surface area (Å²) in [7, 11) is 0. The zero-order chi connectivity index (χ0) is 10.6. The van der Waals surface area contributed by atoms with Crippen LogP contribution in [-0.2, 0) is 9.59 Å². The summed E-state index contributed by atoms with van der Waals surface area (Å²) in [6, 6.07) is 0. The maximum absolute atomic E-state index is 11.1. The minimum atomic E-state index is -0.745. The monoisotopic (exact) mass is 199 g/mol. The van der Waals surface area contributed by atoms with E-state index >= 15 is 0 Å². The summed E-state index contributed by atoms with van der Waals surface area (Å²) in [5.41, 5.74) is 0. The summed E-state index contributed by atoms with van der Waals surface area (Å²) >= 11 is 0. The summed E-state index contributed by atoms with van der Waals surface area (Å²) in [5.74, 6) is -0.265. The van der Waals surface area contributed by atoms with E-state index in [1.54, 1.807) is 6.92 Å². The second kappa shape index (κ2) is 4.98. The highest BCUT2D eigenvalue weighted by Crippen LogP contribution is 2.20. The minimum Gasteiger partial charge on any atom is -0.481 e. The first-order chi connectivity index (χ1) is 6.59. The quantitative estimate of drug-likeness (QED) is 0.740. The van der Waals surface area contributed by atoms with Crippen molar-refractivity contribution in [2.24, 2.45) is 5.92 Å². The molecule has 0 aromatic carbocycles. The molecule has 1 amide bonds. The summed E-state index contributed by atoms with van der Waals surface area (Å²) in [5, 5.41) is 8.54. The lowest BCUT2D eigenvalue weighted by Gasteiger charge is -2.31. The average Bonchev–Trinajstić information content (AvgIpc) is 2.15. The van der Waals surface area contributed by atoms with Gasteiger partial charge in [0.2, 0.25) is 5.91 Å². The highest BCUT2D eigenvalue weighted by molar-refractivity contribution is 5.73. The zero-order valence-corrected chi connectivity index (χ0v) is 8.53. The van der Waals surface area contributed by atoms with Crippen LogP contribution in [0.15, 0.2) is 0 Å². The lowest BCUT2D eigenvalue weighted by molar-refractivity contribution is -0.137. The van der Waals surface area contributed by atoms with Crippen molar-refractivity contribution in [3.63, 3.8) is 0 Å². The highest BCUT2D eigenvalue weighted by Gasteiger charge is 2.21. The molecule has 0 aromatic rings. The molecule has 0 aliphatic carbocycles. The Balaban J connectivity index is 2.32. The van der Waals surface area contributed by atoms with Crippen LogP contribution in [0.1, 0.15) is 32.6 Å². The molecule has 1 heterocycles. The van der Waals surface area contributed by atoms with E-state index < -0.39 is 5.97 Å². The Morgan fingerprint density at radius 1 is 1.50 bits per heavy atom. The number of hydrogen-bond acceptors (Lipinski definition) is 2. The molecule has 1 fully saturated rings. The van der Waals surface area contributed by atoms with Gasteiger partial charge in [0.25, 0.3) is 0 Å². The Bertz CT molecular complexity index is 227. The summed E-state index contributed by atoms with van der Waals surface area (Å²) in [6.07, 6.45) is 2.97. The van der Waals surface area contributed by atoms with Crippen molar-refractivity contribution in [2.75, 3.05) is 13.1 Å². The van der Waals surface area contributed by atoms with Gasteiger partial charge in [0, 0.05) is 26.4 Å². The van der Waals surface area contributed by atoms with E-state index in [0.717, 1.165) is 25.9 Å². The van der Waals surface area contributed by atoms with E-state index in [4.69, 9.17) is 5.11 Å². The normalized spacial score (nSPS) is 22.1. The number of carbonyl (C=O) groups is 2. The van der Waals surface area contributed by atoms with Gasteiger partial charge in [-0.05, 0) is 25.2 Å². The molecule has 0 spiro atoms. The zero-order valence-electron chi connectivity index (χ0n) is 8.53. The number of piperidine rings is 1. The fourth-order valence-electron chi connectivity index (χ4n) is 1.91. The molecule has 0 aromatic heterocycles. The number of carbonyl (C=O) groups excluding carboxylic acids is 1. The van der Waals surface area contributed by atoms with Crippen LogP contribution in [-0.4, -0.2) is 35.0 Å². The molecule has 14 heavy (non-hydrogen) atoms. The van der Waals surface area contributed by atoms with Crippen LogP contribution in [0.2, 0.25) is 0 Å². The fourth-order valence-corrected chi connectivity index (χ4v) is 1.91. The molecule has 0 radical (unpaired) electrons. The topological polar surface area (TPSA) is 57.6 Å². The number of carboxylic acid groups (broad SMARTS) is 1. The molecular formula is C10H17NO3. The Labute approximate surface area is 83.9 Å². The Hall–Kier alpha value is -1.06. The third-order valence-corrected chi connectivity index (χ3v) is 2.73. The number of amides is 1. The van der Waals surface area contributed by atoms with E-state index in [0.29, 0.717) is 12.3 Å². The van der Waals surface area contributed by atoms with Gasteiger partial charge in [-0.2, -0.15) is 0 Å². The van der Waals surface area contributed by atoms with Crippen molar-refractivity contribution in [2.45, 2.75) is 32.6 Å². The van der Waals surface area contributed by atoms with Gasteiger partial charge in [0.05, 0.1) is 0 Å². The number of aliphatic carboxylic acids is 1. The maximum Gasteiger partial charge on any atom is 0.303 e. The molecule has 0 saturated carbocycles. The van der Waals surface area contributed by atoms with E-state index in [1.165, 1.54) is 0 Å². The lowest BCUT2D eigenvalue weighted by Crippen LogP contribution is -2.38. The van der Waals surface area contributed by atoms with Crippen LogP contribution < -0.4 is 0 Å². The molecule has 4 nitrogen and oxygen atoms in total. The first kappa shape index (κ1) is 11.0. The summed E-state index contributed by atoms with van der Waals surface area (Å²) in [4.78, 5) is 23.3. The largest absolute Gasteiger partial charge is 0.481 e. The van der Waals surface area contributed by atoms with Crippen LogP contribution in [0.4, 0.5) is 0 Å². The lowest BCUT2D eigenvalue weighted by atomic mass is 9.93. The molecule has 1 atom stereocenters. The van der Waals surface area contributed by atoms with Crippen molar-refractivity contribution in [3.05, 3.63) is 0 Å². The van der Waals surface area contributed by atoms with Gasteiger partial charge in [0.15, 0.2) is 0 Å². The molecule has 1 aliphatic rings. The van der Waals surface area contributed by atoms with Crippen molar-refractivity contribution in [1.29, 1.82) is 0 Å². The second-order valence-electron chi connectivity index (χ2n) is 3.91. The summed E-state index contributed by atoms with van der Waals surface area (Å²) < 4.78 is 0. The van der Waals surface area contributed by atoms with Crippen molar-refractivity contribution >= 4 is 11.9 Å². The first-order valence-electron chi connectivity index (χ1n) is 5.07. The van der Waals surface area contributed by atoms with Crippen molar-refractivity contribution < 1.29 is 14.7 Å². The van der Waals surface area contributed by atoms with Crippen LogP contribution in [0.3, 0.4) is 0 Å². The molecule has 80 valence electrons. The highest BCUT2D eigenvalue weighted by atomic mass is 16.4. The molecule has 1 rings (SSSR count). The third kappa shape index (κ3) is 3.36. The first-order valence-corrected chi connectivity index (χ1v) is 5.07. The van der Waals surface area contributed by atoms with Gasteiger partial charge in [-0.25, -0.2) is 0 Å². The third-order valence-electron chi connectivity index (χ3n) is 2.73. The number of rotatable bonds is 3. The van der Waals surface area contributed by atoms with Gasteiger partial charge >= 0.3 is 5.97 Å². The Morgan fingerprint density at radius 3 is 2.79 bits per heavy atom. The second-order valence-corrected chi connectivity index (χ2v) is 3.91. The maximum atomic E-state index is 11.1. The minimum absolute atomic E-state index is 0.102. The van der Waals surface area contributed by atoms with Gasteiger partial charge in [-0.3, -0.25) is 9.59 Å². The van der Waals surface area contributed by atoms with Crippen molar-refractivity contribution in [1.82, 2.24) is 4.90 Å². The SMILES string of the molecule is CC(=O)N1CCCC(CCC(=O)O)C1. The Morgan fingerprint density at radius 2 is 2.21 bits per heavy atom. The number of likely N-dealkylation sites (tertiary alicyclic amines) is 1.